The van der Waals surface area contributed by atoms with Gasteiger partial charge in [0.1, 0.15) is 0 Å². The van der Waals surface area contributed by atoms with Crippen molar-refractivity contribution in [1.82, 2.24) is 0 Å². The summed E-state index contributed by atoms with van der Waals surface area (Å²) in [7, 11) is 0. The van der Waals surface area contributed by atoms with E-state index in [1.807, 2.05) is 0 Å². The summed E-state index contributed by atoms with van der Waals surface area (Å²) in [6, 6.07) is 8.61. The molecule has 0 atom stereocenters. The number of halogens is 3. The standard InChI is InChI=1S/C11H9BF3O/c13-12(14,15)11-6-2-4-9-8(7-16)3-1-5-10(9)11/h1-6,16H,7H2/q-1. The van der Waals surface area contributed by atoms with E-state index >= 15 is 0 Å². The van der Waals surface area contributed by atoms with E-state index in [1.165, 1.54) is 18.2 Å². The highest BCUT2D eigenvalue weighted by molar-refractivity contribution is 6.76. The van der Waals surface area contributed by atoms with E-state index in [0.29, 0.717) is 10.9 Å². The fourth-order valence-corrected chi connectivity index (χ4v) is 1.82. The van der Waals surface area contributed by atoms with Crippen LogP contribution in [0.25, 0.3) is 10.8 Å². The highest BCUT2D eigenvalue weighted by Gasteiger charge is 2.27. The van der Waals surface area contributed by atoms with Crippen molar-refractivity contribution in [1.29, 1.82) is 0 Å². The Morgan fingerprint density at radius 3 is 2.19 bits per heavy atom. The maximum Gasteiger partial charge on any atom is 0.510 e. The normalized spacial score (nSPS) is 12.0. The lowest BCUT2D eigenvalue weighted by molar-refractivity contribution is 0.283. The second-order valence-corrected chi connectivity index (χ2v) is 3.59. The van der Waals surface area contributed by atoms with E-state index in [4.69, 9.17) is 5.11 Å². The topological polar surface area (TPSA) is 20.2 Å². The first-order valence-corrected chi connectivity index (χ1v) is 4.85. The summed E-state index contributed by atoms with van der Waals surface area (Å²) in [6.45, 7) is -5.28. The van der Waals surface area contributed by atoms with Crippen molar-refractivity contribution in [3.05, 3.63) is 42.0 Å². The highest BCUT2D eigenvalue weighted by atomic mass is 19.4. The molecular formula is C11H9BF3O-. The summed E-state index contributed by atoms with van der Waals surface area (Å²) < 4.78 is 38.3. The van der Waals surface area contributed by atoms with Crippen LogP contribution in [0.15, 0.2) is 36.4 Å². The van der Waals surface area contributed by atoms with Gasteiger partial charge in [0.2, 0.25) is 0 Å². The number of fused-ring (bicyclic) bond motifs is 1. The van der Waals surface area contributed by atoms with Crippen molar-refractivity contribution in [2.45, 2.75) is 6.61 Å². The summed E-state index contributed by atoms with van der Waals surface area (Å²) in [5.41, 5.74) is -0.0906. The molecule has 2 aromatic rings. The monoisotopic (exact) mass is 225 g/mol. The molecule has 0 heterocycles. The number of aliphatic hydroxyl groups is 1. The number of hydrogen-bond donors (Lipinski definition) is 1. The molecule has 0 saturated heterocycles. The summed E-state index contributed by atoms with van der Waals surface area (Å²) in [4.78, 5) is 0. The number of benzene rings is 2. The molecule has 2 aromatic carbocycles. The van der Waals surface area contributed by atoms with Crippen LogP contribution < -0.4 is 5.46 Å². The van der Waals surface area contributed by atoms with Crippen LogP contribution in [-0.4, -0.2) is 12.1 Å². The zero-order valence-electron chi connectivity index (χ0n) is 8.33. The lowest BCUT2D eigenvalue weighted by atomic mass is 9.76. The molecule has 84 valence electrons. The Hall–Kier alpha value is -1.49. The van der Waals surface area contributed by atoms with E-state index in [2.05, 4.69) is 0 Å². The predicted molar refractivity (Wildman–Crippen MR) is 58.6 cm³/mol. The van der Waals surface area contributed by atoms with Crippen LogP contribution in [0.3, 0.4) is 0 Å². The molecule has 0 fully saturated rings. The van der Waals surface area contributed by atoms with Crippen molar-refractivity contribution < 1.29 is 18.1 Å². The Morgan fingerprint density at radius 1 is 0.938 bits per heavy atom. The first-order chi connectivity index (χ1) is 7.54. The number of rotatable bonds is 2. The van der Waals surface area contributed by atoms with E-state index < -0.39 is 12.4 Å². The molecule has 0 saturated carbocycles. The molecule has 0 amide bonds. The average molecular weight is 225 g/mol. The van der Waals surface area contributed by atoms with Crippen molar-refractivity contribution in [3.63, 3.8) is 0 Å². The third kappa shape index (κ3) is 1.78. The van der Waals surface area contributed by atoms with E-state index in [1.54, 1.807) is 12.1 Å². The second-order valence-electron chi connectivity index (χ2n) is 3.59. The van der Waals surface area contributed by atoms with Crippen molar-refractivity contribution in [2.24, 2.45) is 0 Å². The molecule has 0 radical (unpaired) electrons. The van der Waals surface area contributed by atoms with Gasteiger partial charge >= 0.3 is 6.98 Å². The Morgan fingerprint density at radius 2 is 1.56 bits per heavy atom. The zero-order valence-corrected chi connectivity index (χ0v) is 8.33. The molecule has 0 unspecified atom stereocenters. The summed E-state index contributed by atoms with van der Waals surface area (Å²) in [5.74, 6) is 0. The van der Waals surface area contributed by atoms with E-state index in [-0.39, 0.29) is 12.0 Å². The van der Waals surface area contributed by atoms with E-state index in [9.17, 15) is 12.9 Å². The van der Waals surface area contributed by atoms with Gasteiger partial charge in [-0.3, -0.25) is 0 Å². The fraction of sp³-hybridized carbons (Fsp3) is 0.0909. The molecule has 1 N–H and O–H groups in total. The largest absolute Gasteiger partial charge is 0.510 e. The molecule has 0 aliphatic heterocycles. The van der Waals surface area contributed by atoms with Crippen LogP contribution in [0.2, 0.25) is 0 Å². The quantitative estimate of drug-likeness (QED) is 0.778. The third-order valence-electron chi connectivity index (χ3n) is 2.57. The molecule has 0 aliphatic carbocycles. The Kier molecular flexibility index (Phi) is 2.64. The lowest BCUT2D eigenvalue weighted by Gasteiger charge is -2.18. The summed E-state index contributed by atoms with van der Waals surface area (Å²) >= 11 is 0. The Balaban J connectivity index is 2.79. The van der Waals surface area contributed by atoms with Gasteiger partial charge in [0.15, 0.2) is 0 Å². The summed E-state index contributed by atoms with van der Waals surface area (Å²) in [6.07, 6.45) is 0. The third-order valence-corrected chi connectivity index (χ3v) is 2.57. The molecule has 1 nitrogen and oxygen atoms in total. The minimum Gasteiger partial charge on any atom is -0.445 e. The van der Waals surface area contributed by atoms with Crippen molar-refractivity contribution >= 4 is 23.2 Å². The van der Waals surface area contributed by atoms with E-state index in [0.717, 1.165) is 6.07 Å². The molecular weight excluding hydrogens is 216 g/mol. The Labute approximate surface area is 90.6 Å². The van der Waals surface area contributed by atoms with Gasteiger partial charge in [-0.2, -0.15) is 0 Å². The zero-order chi connectivity index (χ0) is 11.8. The van der Waals surface area contributed by atoms with Crippen LogP contribution in [0.4, 0.5) is 12.9 Å². The first-order valence-electron chi connectivity index (χ1n) is 4.85. The first kappa shape index (κ1) is 11.0. The predicted octanol–water partition coefficient (Wildman–Crippen LogP) is 2.39. The van der Waals surface area contributed by atoms with Gasteiger partial charge in [-0.25, -0.2) is 0 Å². The molecule has 0 bridgehead atoms. The van der Waals surface area contributed by atoms with Gasteiger partial charge in [-0.05, 0) is 16.3 Å². The minimum atomic E-state index is -5.02. The van der Waals surface area contributed by atoms with Gasteiger partial charge in [0.25, 0.3) is 0 Å². The van der Waals surface area contributed by atoms with Gasteiger partial charge in [-0.15, -0.1) is 5.46 Å². The molecule has 2 rings (SSSR count). The smallest absolute Gasteiger partial charge is 0.445 e. The SMILES string of the molecule is OCc1cccc2c([B-](F)(F)F)cccc12. The lowest BCUT2D eigenvalue weighted by Crippen LogP contribution is -2.34. The van der Waals surface area contributed by atoms with Crippen LogP contribution in [-0.2, 0) is 6.61 Å². The molecule has 0 aliphatic rings. The highest BCUT2D eigenvalue weighted by Crippen LogP contribution is 2.21. The van der Waals surface area contributed by atoms with Gasteiger partial charge < -0.3 is 18.1 Å². The Bertz CT molecular complexity index is 522. The van der Waals surface area contributed by atoms with Crippen LogP contribution in [0.5, 0.6) is 0 Å². The minimum absolute atomic E-state index is 0.154. The average Bonchev–Trinajstić information content (AvgIpc) is 2.26. The molecule has 16 heavy (non-hydrogen) atoms. The number of hydrogen-bond acceptors (Lipinski definition) is 1. The second kappa shape index (κ2) is 3.83. The summed E-state index contributed by atoms with van der Waals surface area (Å²) in [5, 5.41) is 9.67. The fourth-order valence-electron chi connectivity index (χ4n) is 1.82. The molecule has 0 spiro atoms. The molecule has 5 heteroatoms. The maximum atomic E-state index is 12.8. The molecule has 0 aromatic heterocycles. The van der Waals surface area contributed by atoms with Crippen LogP contribution in [0, 0.1) is 0 Å². The van der Waals surface area contributed by atoms with Gasteiger partial charge in [0, 0.05) is 0 Å². The van der Waals surface area contributed by atoms with Crippen molar-refractivity contribution in [2.75, 3.05) is 0 Å². The van der Waals surface area contributed by atoms with Crippen LogP contribution in [0.1, 0.15) is 5.56 Å². The maximum absolute atomic E-state index is 12.8. The van der Waals surface area contributed by atoms with Crippen LogP contribution >= 0.6 is 0 Å². The van der Waals surface area contributed by atoms with Crippen molar-refractivity contribution in [3.8, 4) is 0 Å². The van der Waals surface area contributed by atoms with Gasteiger partial charge in [-0.1, -0.05) is 36.4 Å². The van der Waals surface area contributed by atoms with Gasteiger partial charge in [0.05, 0.1) is 6.61 Å². The number of aliphatic hydroxyl groups excluding tert-OH is 1.